The fourth-order valence-electron chi connectivity index (χ4n) is 3.03. The lowest BCUT2D eigenvalue weighted by Crippen LogP contribution is -2.26. The largest absolute Gasteiger partial charge is 0.486 e. The van der Waals surface area contributed by atoms with Crippen LogP contribution in [-0.2, 0) is 4.79 Å². The number of fused-ring (bicyclic) bond motifs is 2. The van der Waals surface area contributed by atoms with Crippen molar-refractivity contribution in [1.82, 2.24) is 10.3 Å². The minimum atomic E-state index is -0.143. The Labute approximate surface area is 161 Å². The van der Waals surface area contributed by atoms with Crippen LogP contribution in [-0.4, -0.2) is 24.1 Å². The van der Waals surface area contributed by atoms with Gasteiger partial charge in [0.2, 0.25) is 5.91 Å². The van der Waals surface area contributed by atoms with Crippen LogP contribution in [0, 0.1) is 0 Å². The SMILES string of the molecule is CCC(NC(=O)/C=C/c1nc2ccccc2s1)c1ccc2c(c1)OCCO2. The van der Waals surface area contributed by atoms with Crippen LogP contribution in [0.2, 0.25) is 0 Å². The minimum Gasteiger partial charge on any atom is -0.486 e. The average molecular weight is 380 g/mol. The normalized spacial score (nSPS) is 14.4. The number of aromatic nitrogens is 1. The van der Waals surface area contributed by atoms with E-state index in [1.54, 1.807) is 23.5 Å². The number of thiazole rings is 1. The highest BCUT2D eigenvalue weighted by atomic mass is 32.1. The summed E-state index contributed by atoms with van der Waals surface area (Å²) in [5.74, 6) is 1.34. The van der Waals surface area contributed by atoms with Gasteiger partial charge in [-0.15, -0.1) is 11.3 Å². The maximum Gasteiger partial charge on any atom is 0.244 e. The van der Waals surface area contributed by atoms with Crippen LogP contribution in [0.1, 0.15) is 30.0 Å². The van der Waals surface area contributed by atoms with Crippen molar-refractivity contribution in [3.8, 4) is 11.5 Å². The molecule has 1 aromatic heterocycles. The number of rotatable bonds is 5. The number of carbonyl (C=O) groups is 1. The van der Waals surface area contributed by atoms with Crippen LogP contribution < -0.4 is 14.8 Å². The van der Waals surface area contributed by atoms with Gasteiger partial charge in [-0.05, 0) is 42.3 Å². The highest BCUT2D eigenvalue weighted by molar-refractivity contribution is 7.19. The van der Waals surface area contributed by atoms with Gasteiger partial charge in [-0.1, -0.05) is 25.1 Å². The molecular weight excluding hydrogens is 360 g/mol. The molecule has 2 heterocycles. The third kappa shape index (κ3) is 3.95. The van der Waals surface area contributed by atoms with E-state index in [2.05, 4.69) is 10.3 Å². The van der Waals surface area contributed by atoms with Crippen LogP contribution in [0.3, 0.4) is 0 Å². The zero-order valence-electron chi connectivity index (χ0n) is 15.0. The van der Waals surface area contributed by atoms with E-state index >= 15 is 0 Å². The molecule has 3 aromatic rings. The van der Waals surface area contributed by atoms with Gasteiger partial charge < -0.3 is 14.8 Å². The van der Waals surface area contributed by atoms with E-state index in [9.17, 15) is 4.79 Å². The first-order valence-corrected chi connectivity index (χ1v) is 9.78. The molecule has 1 aliphatic heterocycles. The van der Waals surface area contributed by atoms with Crippen LogP contribution >= 0.6 is 11.3 Å². The third-order valence-electron chi connectivity index (χ3n) is 4.38. The highest BCUT2D eigenvalue weighted by Gasteiger charge is 2.17. The first kappa shape index (κ1) is 17.5. The molecule has 4 rings (SSSR count). The second kappa shape index (κ2) is 7.80. The molecular formula is C21H20N2O3S. The molecule has 6 heteroatoms. The Bertz CT molecular complexity index is 963. The second-order valence-electron chi connectivity index (χ2n) is 6.23. The molecule has 2 aromatic carbocycles. The first-order chi connectivity index (χ1) is 13.2. The molecule has 5 nitrogen and oxygen atoms in total. The summed E-state index contributed by atoms with van der Waals surface area (Å²) in [4.78, 5) is 16.9. The molecule has 0 fully saturated rings. The number of carbonyl (C=O) groups excluding carboxylic acids is 1. The zero-order valence-corrected chi connectivity index (χ0v) is 15.8. The van der Waals surface area contributed by atoms with E-state index < -0.39 is 0 Å². The molecule has 0 saturated carbocycles. The molecule has 0 saturated heterocycles. The lowest BCUT2D eigenvalue weighted by molar-refractivity contribution is -0.117. The maximum absolute atomic E-state index is 12.4. The van der Waals surface area contributed by atoms with Gasteiger partial charge in [-0.2, -0.15) is 0 Å². The van der Waals surface area contributed by atoms with Gasteiger partial charge in [0.25, 0.3) is 0 Å². The zero-order chi connectivity index (χ0) is 18.6. The van der Waals surface area contributed by atoms with Crippen molar-refractivity contribution in [3.63, 3.8) is 0 Å². The van der Waals surface area contributed by atoms with Gasteiger partial charge in [0.1, 0.15) is 18.2 Å². The van der Waals surface area contributed by atoms with Gasteiger partial charge in [0.05, 0.1) is 16.3 Å². The molecule has 0 aliphatic carbocycles. The van der Waals surface area contributed by atoms with Crippen molar-refractivity contribution in [2.75, 3.05) is 13.2 Å². The molecule has 138 valence electrons. The van der Waals surface area contributed by atoms with Gasteiger partial charge in [-0.25, -0.2) is 4.98 Å². The van der Waals surface area contributed by atoms with Crippen molar-refractivity contribution < 1.29 is 14.3 Å². The van der Waals surface area contributed by atoms with E-state index in [1.165, 1.54) is 0 Å². The molecule has 0 spiro atoms. The van der Waals surface area contributed by atoms with Crippen LogP contribution in [0.4, 0.5) is 0 Å². The number of benzene rings is 2. The van der Waals surface area contributed by atoms with Crippen LogP contribution in [0.5, 0.6) is 11.5 Å². The van der Waals surface area contributed by atoms with Gasteiger partial charge >= 0.3 is 0 Å². The number of para-hydroxylation sites is 1. The second-order valence-corrected chi connectivity index (χ2v) is 7.29. The predicted octanol–water partition coefficient (Wildman–Crippen LogP) is 4.35. The van der Waals surface area contributed by atoms with Crippen LogP contribution in [0.25, 0.3) is 16.3 Å². The van der Waals surface area contributed by atoms with E-state index in [-0.39, 0.29) is 11.9 Å². The summed E-state index contributed by atoms with van der Waals surface area (Å²) in [6, 6.07) is 13.7. The fourth-order valence-corrected chi connectivity index (χ4v) is 3.90. The maximum atomic E-state index is 12.4. The molecule has 1 atom stereocenters. The van der Waals surface area contributed by atoms with Crippen molar-refractivity contribution in [3.05, 3.63) is 59.1 Å². The van der Waals surface area contributed by atoms with Crippen molar-refractivity contribution in [1.29, 1.82) is 0 Å². The summed E-state index contributed by atoms with van der Waals surface area (Å²) in [7, 11) is 0. The molecule has 1 unspecified atom stereocenters. The monoisotopic (exact) mass is 380 g/mol. The Hall–Kier alpha value is -2.86. The molecule has 1 aliphatic rings. The first-order valence-electron chi connectivity index (χ1n) is 8.96. The smallest absolute Gasteiger partial charge is 0.244 e. The predicted molar refractivity (Wildman–Crippen MR) is 107 cm³/mol. The third-order valence-corrected chi connectivity index (χ3v) is 5.38. The number of ether oxygens (including phenoxy) is 2. The van der Waals surface area contributed by atoms with Gasteiger partial charge in [0, 0.05) is 6.08 Å². The Kier molecular flexibility index (Phi) is 5.07. The topological polar surface area (TPSA) is 60.5 Å². The molecule has 0 bridgehead atoms. The van der Waals surface area contributed by atoms with E-state index in [1.807, 2.05) is 49.4 Å². The number of nitrogens with zero attached hydrogens (tertiary/aromatic N) is 1. The minimum absolute atomic E-state index is 0.0895. The highest BCUT2D eigenvalue weighted by Crippen LogP contribution is 2.33. The number of nitrogens with one attached hydrogen (secondary N) is 1. The van der Waals surface area contributed by atoms with E-state index in [0.717, 1.165) is 38.7 Å². The summed E-state index contributed by atoms with van der Waals surface area (Å²) < 4.78 is 12.3. The number of hydrogen-bond donors (Lipinski definition) is 1. The molecule has 0 radical (unpaired) electrons. The van der Waals surface area contributed by atoms with E-state index in [4.69, 9.17) is 9.47 Å². The van der Waals surface area contributed by atoms with Gasteiger partial charge in [-0.3, -0.25) is 4.79 Å². The Morgan fingerprint density at radius 2 is 2.04 bits per heavy atom. The lowest BCUT2D eigenvalue weighted by atomic mass is 10.0. The van der Waals surface area contributed by atoms with Crippen molar-refractivity contribution >= 4 is 33.5 Å². The van der Waals surface area contributed by atoms with Crippen molar-refractivity contribution in [2.45, 2.75) is 19.4 Å². The molecule has 1 amide bonds. The summed E-state index contributed by atoms with van der Waals surface area (Å²) in [5, 5.41) is 3.87. The summed E-state index contributed by atoms with van der Waals surface area (Å²) in [6.07, 6.45) is 4.08. The number of hydrogen-bond acceptors (Lipinski definition) is 5. The summed E-state index contributed by atoms with van der Waals surface area (Å²) in [6.45, 7) is 3.15. The lowest BCUT2D eigenvalue weighted by Gasteiger charge is -2.22. The summed E-state index contributed by atoms with van der Waals surface area (Å²) >= 11 is 1.57. The average Bonchev–Trinajstić information content (AvgIpc) is 3.13. The number of amides is 1. The molecule has 27 heavy (non-hydrogen) atoms. The van der Waals surface area contributed by atoms with Gasteiger partial charge in [0.15, 0.2) is 11.5 Å². The van der Waals surface area contributed by atoms with Crippen LogP contribution in [0.15, 0.2) is 48.5 Å². The Balaban J connectivity index is 1.45. The van der Waals surface area contributed by atoms with E-state index in [0.29, 0.717) is 13.2 Å². The quantitative estimate of drug-likeness (QED) is 0.669. The molecule has 1 N–H and O–H groups in total. The Morgan fingerprint density at radius 3 is 2.85 bits per heavy atom. The standard InChI is InChI=1S/C21H20N2O3S/c1-2-15(14-7-8-17-18(13-14)26-12-11-25-17)22-20(24)9-10-21-23-16-5-3-4-6-19(16)27-21/h3-10,13,15H,2,11-12H2,1H3,(H,22,24)/b10-9+. The summed E-state index contributed by atoms with van der Waals surface area (Å²) in [5.41, 5.74) is 1.95. The van der Waals surface area contributed by atoms with Crippen molar-refractivity contribution in [2.24, 2.45) is 0 Å². The Morgan fingerprint density at radius 1 is 1.22 bits per heavy atom. The fraction of sp³-hybridized carbons (Fsp3) is 0.238.